The third kappa shape index (κ3) is 5.77. The van der Waals surface area contributed by atoms with Crippen LogP contribution >= 0.6 is 27.7 Å². The Morgan fingerprint density at radius 1 is 1.14 bits per heavy atom. The van der Waals surface area contributed by atoms with Gasteiger partial charge in [-0.2, -0.15) is 5.10 Å². The van der Waals surface area contributed by atoms with Gasteiger partial charge in [0.25, 0.3) is 5.91 Å². The third-order valence-corrected chi connectivity index (χ3v) is 6.84. The molecule has 184 valence electrons. The minimum atomic E-state index is -0.288. The lowest BCUT2D eigenvalue weighted by Gasteiger charge is -2.10. The van der Waals surface area contributed by atoms with Gasteiger partial charge in [0.15, 0.2) is 22.5 Å². The number of carbonyl (C=O) groups is 1. The van der Waals surface area contributed by atoms with Gasteiger partial charge >= 0.3 is 0 Å². The van der Waals surface area contributed by atoms with Crippen molar-refractivity contribution in [3.05, 3.63) is 82.3 Å². The highest BCUT2D eigenvalue weighted by Gasteiger charge is 2.17. The molecule has 0 spiro atoms. The zero-order chi connectivity index (χ0) is 25.7. The summed E-state index contributed by atoms with van der Waals surface area (Å²) < 4.78 is 7.59. The fourth-order valence-electron chi connectivity index (χ4n) is 3.37. The first-order valence-corrected chi connectivity index (χ1v) is 12.8. The molecule has 4 rings (SSSR count). The van der Waals surface area contributed by atoms with Crippen molar-refractivity contribution in [1.82, 2.24) is 20.2 Å². The molecule has 0 saturated carbocycles. The highest BCUT2D eigenvalue weighted by Crippen LogP contribution is 2.35. The van der Waals surface area contributed by atoms with Gasteiger partial charge in [-0.1, -0.05) is 59.8 Å². The Kier molecular flexibility index (Phi) is 8.07. The normalized spacial score (nSPS) is 11.4. The Balaban J connectivity index is 1.51. The topological polar surface area (TPSA) is 102 Å². The lowest BCUT2D eigenvalue weighted by molar-refractivity contribution is -0.118. The van der Waals surface area contributed by atoms with E-state index in [1.54, 1.807) is 19.1 Å². The maximum atomic E-state index is 12.6. The molecular formula is C26H24BrN5O3S. The number of aryl methyl sites for hydroxylation is 1. The number of hydrogen-bond acceptors (Lipinski definition) is 7. The second-order valence-corrected chi connectivity index (χ2v) is 9.67. The molecule has 0 bridgehead atoms. The summed E-state index contributed by atoms with van der Waals surface area (Å²) in [5.41, 5.74) is 6.82. The molecule has 0 saturated heterocycles. The van der Waals surface area contributed by atoms with Crippen LogP contribution < -0.4 is 10.2 Å². The standard InChI is InChI=1S/C26H24BrN5O3S/c1-16-9-11-18(12-10-16)25-30-31-26(32(25)20-7-5-4-6-8-20)36-15-23(33)29-28-17(2)19-13-21(27)24(34)22(14-19)35-3/h4-14,34H,15H2,1-3H3,(H,29,33)/b28-17-. The van der Waals surface area contributed by atoms with E-state index in [-0.39, 0.29) is 17.4 Å². The molecule has 36 heavy (non-hydrogen) atoms. The van der Waals surface area contributed by atoms with Gasteiger partial charge < -0.3 is 9.84 Å². The summed E-state index contributed by atoms with van der Waals surface area (Å²) in [5, 5.41) is 23.6. The van der Waals surface area contributed by atoms with Crippen molar-refractivity contribution in [2.75, 3.05) is 12.9 Å². The molecule has 0 aliphatic rings. The van der Waals surface area contributed by atoms with Crippen molar-refractivity contribution in [2.24, 2.45) is 5.10 Å². The monoisotopic (exact) mass is 565 g/mol. The Hall–Kier alpha value is -3.63. The summed E-state index contributed by atoms with van der Waals surface area (Å²) in [6.45, 7) is 3.79. The average Bonchev–Trinajstić information content (AvgIpc) is 3.32. The van der Waals surface area contributed by atoms with Crippen LogP contribution in [0.2, 0.25) is 0 Å². The number of ether oxygens (including phenoxy) is 1. The van der Waals surface area contributed by atoms with E-state index in [2.05, 4.69) is 36.7 Å². The van der Waals surface area contributed by atoms with Gasteiger partial charge in [0, 0.05) is 16.8 Å². The van der Waals surface area contributed by atoms with Crippen LogP contribution in [0.3, 0.4) is 0 Å². The molecule has 0 unspecified atom stereocenters. The molecule has 0 atom stereocenters. The second kappa shape index (κ2) is 11.4. The summed E-state index contributed by atoms with van der Waals surface area (Å²) in [6, 6.07) is 21.2. The Bertz CT molecular complexity index is 1410. The first-order chi connectivity index (χ1) is 17.4. The van der Waals surface area contributed by atoms with Crippen LogP contribution in [-0.2, 0) is 4.79 Å². The van der Waals surface area contributed by atoms with Gasteiger partial charge in [0.05, 0.1) is 23.0 Å². The highest BCUT2D eigenvalue weighted by atomic mass is 79.9. The van der Waals surface area contributed by atoms with Gasteiger partial charge in [-0.25, -0.2) is 5.43 Å². The van der Waals surface area contributed by atoms with Gasteiger partial charge in [0.1, 0.15) is 0 Å². The first-order valence-electron chi connectivity index (χ1n) is 11.0. The van der Waals surface area contributed by atoms with Gasteiger partial charge in [-0.15, -0.1) is 10.2 Å². The Morgan fingerprint density at radius 3 is 2.56 bits per heavy atom. The molecular weight excluding hydrogens is 542 g/mol. The number of benzene rings is 3. The molecule has 2 N–H and O–H groups in total. The van der Waals surface area contributed by atoms with E-state index in [1.165, 1.54) is 18.9 Å². The zero-order valence-corrected chi connectivity index (χ0v) is 22.3. The summed E-state index contributed by atoms with van der Waals surface area (Å²) in [7, 11) is 1.47. The summed E-state index contributed by atoms with van der Waals surface area (Å²) in [5.74, 6) is 0.814. The van der Waals surface area contributed by atoms with E-state index in [9.17, 15) is 9.90 Å². The van der Waals surface area contributed by atoms with Crippen molar-refractivity contribution in [3.8, 4) is 28.6 Å². The number of thioether (sulfide) groups is 1. The van der Waals surface area contributed by atoms with Gasteiger partial charge in [0.2, 0.25) is 0 Å². The molecule has 4 aromatic rings. The Labute approximate surface area is 221 Å². The smallest absolute Gasteiger partial charge is 0.250 e. The van der Waals surface area contributed by atoms with E-state index < -0.39 is 0 Å². The lowest BCUT2D eigenvalue weighted by Crippen LogP contribution is -2.21. The van der Waals surface area contributed by atoms with Crippen LogP contribution in [0.5, 0.6) is 11.5 Å². The van der Waals surface area contributed by atoms with E-state index in [0.29, 0.717) is 32.5 Å². The number of rotatable bonds is 8. The van der Waals surface area contributed by atoms with E-state index in [0.717, 1.165) is 16.8 Å². The number of amides is 1. The van der Waals surface area contributed by atoms with Crippen molar-refractivity contribution in [3.63, 3.8) is 0 Å². The van der Waals surface area contributed by atoms with Crippen LogP contribution in [-0.4, -0.2) is 44.4 Å². The summed E-state index contributed by atoms with van der Waals surface area (Å²) >= 11 is 4.57. The van der Waals surface area contributed by atoms with Crippen molar-refractivity contribution >= 4 is 39.3 Å². The first kappa shape index (κ1) is 25.5. The van der Waals surface area contributed by atoms with Crippen molar-refractivity contribution < 1.29 is 14.6 Å². The lowest BCUT2D eigenvalue weighted by atomic mass is 10.1. The number of aromatic hydroxyl groups is 1. The number of phenolic OH excluding ortho intramolecular Hbond substituents is 1. The maximum absolute atomic E-state index is 12.6. The molecule has 1 amide bonds. The van der Waals surface area contributed by atoms with Crippen LogP contribution in [0.4, 0.5) is 0 Å². The number of phenols is 1. The molecule has 0 aliphatic carbocycles. The second-order valence-electron chi connectivity index (χ2n) is 7.87. The third-order valence-electron chi connectivity index (χ3n) is 5.30. The number of nitrogens with one attached hydrogen (secondary N) is 1. The summed E-state index contributed by atoms with van der Waals surface area (Å²) in [4.78, 5) is 12.6. The number of nitrogens with zero attached hydrogens (tertiary/aromatic N) is 4. The number of methoxy groups -OCH3 is 1. The fraction of sp³-hybridized carbons (Fsp3) is 0.154. The zero-order valence-electron chi connectivity index (χ0n) is 19.9. The SMILES string of the molecule is COc1cc(/C(C)=N\NC(=O)CSc2nnc(-c3ccc(C)cc3)n2-c2ccccc2)cc(Br)c1O. The molecule has 0 aliphatic heterocycles. The van der Waals surface area contributed by atoms with Crippen LogP contribution in [0.1, 0.15) is 18.1 Å². The van der Waals surface area contributed by atoms with Crippen LogP contribution in [0, 0.1) is 6.92 Å². The average molecular weight is 566 g/mol. The van der Waals surface area contributed by atoms with Gasteiger partial charge in [-0.3, -0.25) is 9.36 Å². The minimum absolute atomic E-state index is 0.00187. The van der Waals surface area contributed by atoms with E-state index >= 15 is 0 Å². The number of halogens is 1. The Morgan fingerprint density at radius 2 is 1.86 bits per heavy atom. The molecule has 1 heterocycles. The largest absolute Gasteiger partial charge is 0.503 e. The molecule has 8 nitrogen and oxygen atoms in total. The van der Waals surface area contributed by atoms with Gasteiger partial charge in [-0.05, 0) is 54.0 Å². The minimum Gasteiger partial charge on any atom is -0.503 e. The van der Waals surface area contributed by atoms with E-state index in [4.69, 9.17) is 4.74 Å². The van der Waals surface area contributed by atoms with Crippen molar-refractivity contribution in [1.29, 1.82) is 0 Å². The van der Waals surface area contributed by atoms with E-state index in [1.807, 2.05) is 66.1 Å². The molecule has 10 heteroatoms. The summed E-state index contributed by atoms with van der Waals surface area (Å²) in [6.07, 6.45) is 0. The van der Waals surface area contributed by atoms with Crippen molar-refractivity contribution in [2.45, 2.75) is 19.0 Å². The molecule has 0 radical (unpaired) electrons. The maximum Gasteiger partial charge on any atom is 0.250 e. The number of hydrogen-bond donors (Lipinski definition) is 2. The number of hydrazone groups is 1. The number of para-hydroxylation sites is 1. The quantitative estimate of drug-likeness (QED) is 0.169. The predicted octanol–water partition coefficient (Wildman–Crippen LogP) is 5.35. The number of carbonyl (C=O) groups excluding carboxylic acids is 1. The molecule has 0 fully saturated rings. The highest BCUT2D eigenvalue weighted by molar-refractivity contribution is 9.10. The van der Waals surface area contributed by atoms with Crippen LogP contribution in [0.15, 0.2) is 81.5 Å². The number of aromatic nitrogens is 3. The molecule has 3 aromatic carbocycles. The fourth-order valence-corrected chi connectivity index (χ4v) is 4.56. The van der Waals surface area contributed by atoms with Crippen LogP contribution in [0.25, 0.3) is 17.1 Å². The molecule has 1 aromatic heterocycles. The predicted molar refractivity (Wildman–Crippen MR) is 145 cm³/mol.